The minimum absolute atomic E-state index is 0.289. The molecule has 78 valence electrons. The molecular formula is C11H7ClN4. The second-order valence-corrected chi connectivity index (χ2v) is 3.49. The molecule has 0 aliphatic heterocycles. The molecule has 1 aromatic carbocycles. The minimum atomic E-state index is 0.289. The highest BCUT2D eigenvalue weighted by Gasteiger charge is 1.98. The van der Waals surface area contributed by atoms with Gasteiger partial charge in [0.15, 0.2) is 11.5 Å². The Hall–Kier alpha value is -2.12. The van der Waals surface area contributed by atoms with Crippen molar-refractivity contribution in [3.05, 3.63) is 47.1 Å². The Morgan fingerprint density at radius 2 is 2.06 bits per heavy atom. The van der Waals surface area contributed by atoms with Gasteiger partial charge in [-0.05, 0) is 30.3 Å². The maximum absolute atomic E-state index is 8.56. The maximum atomic E-state index is 8.56. The van der Waals surface area contributed by atoms with E-state index in [4.69, 9.17) is 16.9 Å². The first-order valence-corrected chi connectivity index (χ1v) is 4.92. The molecular weight excluding hydrogens is 224 g/mol. The van der Waals surface area contributed by atoms with Crippen LogP contribution in [-0.2, 0) is 0 Å². The van der Waals surface area contributed by atoms with Crippen molar-refractivity contribution in [3.63, 3.8) is 0 Å². The molecule has 1 N–H and O–H groups in total. The Morgan fingerprint density at radius 1 is 1.19 bits per heavy atom. The SMILES string of the molecule is N#Cc1ccc(Nc2cccc(Cl)c2)nn1. The third-order valence-corrected chi connectivity index (χ3v) is 2.11. The molecule has 4 nitrogen and oxygen atoms in total. The fourth-order valence-corrected chi connectivity index (χ4v) is 1.36. The first-order chi connectivity index (χ1) is 7.78. The fourth-order valence-electron chi connectivity index (χ4n) is 1.17. The minimum Gasteiger partial charge on any atom is -0.339 e. The summed E-state index contributed by atoms with van der Waals surface area (Å²) in [7, 11) is 0. The van der Waals surface area contributed by atoms with E-state index in [1.54, 1.807) is 24.3 Å². The topological polar surface area (TPSA) is 61.6 Å². The molecule has 1 aromatic heterocycles. The van der Waals surface area contributed by atoms with Gasteiger partial charge in [-0.3, -0.25) is 0 Å². The van der Waals surface area contributed by atoms with Gasteiger partial charge in [0, 0.05) is 10.7 Å². The van der Waals surface area contributed by atoms with E-state index in [2.05, 4.69) is 15.5 Å². The smallest absolute Gasteiger partial charge is 0.163 e. The Morgan fingerprint density at radius 3 is 2.69 bits per heavy atom. The van der Waals surface area contributed by atoms with Crippen LogP contribution in [0, 0.1) is 11.3 Å². The van der Waals surface area contributed by atoms with Gasteiger partial charge in [-0.2, -0.15) is 5.26 Å². The molecule has 16 heavy (non-hydrogen) atoms. The van der Waals surface area contributed by atoms with Crippen molar-refractivity contribution in [2.75, 3.05) is 5.32 Å². The quantitative estimate of drug-likeness (QED) is 0.862. The normalized spacial score (nSPS) is 9.50. The molecule has 0 aliphatic carbocycles. The van der Waals surface area contributed by atoms with Gasteiger partial charge in [0.25, 0.3) is 0 Å². The van der Waals surface area contributed by atoms with Crippen LogP contribution in [0.15, 0.2) is 36.4 Å². The number of benzene rings is 1. The standard InChI is InChI=1S/C11H7ClN4/c12-8-2-1-3-9(6-8)14-11-5-4-10(7-13)15-16-11/h1-6H,(H,14,16). The third-order valence-electron chi connectivity index (χ3n) is 1.88. The van der Waals surface area contributed by atoms with E-state index < -0.39 is 0 Å². The van der Waals surface area contributed by atoms with Crippen LogP contribution in [0.3, 0.4) is 0 Å². The molecule has 2 aromatic rings. The highest BCUT2D eigenvalue weighted by Crippen LogP contribution is 2.18. The van der Waals surface area contributed by atoms with E-state index in [1.807, 2.05) is 18.2 Å². The van der Waals surface area contributed by atoms with E-state index in [-0.39, 0.29) is 5.69 Å². The zero-order valence-electron chi connectivity index (χ0n) is 8.18. The van der Waals surface area contributed by atoms with Crippen LogP contribution < -0.4 is 5.32 Å². The van der Waals surface area contributed by atoms with Crippen molar-refractivity contribution >= 4 is 23.1 Å². The molecule has 5 heteroatoms. The maximum Gasteiger partial charge on any atom is 0.163 e. The zero-order valence-corrected chi connectivity index (χ0v) is 8.94. The lowest BCUT2D eigenvalue weighted by Gasteiger charge is -2.04. The lowest BCUT2D eigenvalue weighted by Crippen LogP contribution is -1.96. The predicted octanol–water partition coefficient (Wildman–Crippen LogP) is 2.75. The second kappa shape index (κ2) is 4.60. The Bertz CT molecular complexity index is 530. The van der Waals surface area contributed by atoms with Crippen molar-refractivity contribution in [2.45, 2.75) is 0 Å². The Balaban J connectivity index is 2.18. The molecule has 0 aliphatic rings. The highest BCUT2D eigenvalue weighted by molar-refractivity contribution is 6.30. The molecule has 0 bridgehead atoms. The van der Waals surface area contributed by atoms with Gasteiger partial charge in [0.05, 0.1) is 0 Å². The van der Waals surface area contributed by atoms with Gasteiger partial charge >= 0.3 is 0 Å². The molecule has 2 rings (SSSR count). The van der Waals surface area contributed by atoms with Crippen LogP contribution >= 0.6 is 11.6 Å². The van der Waals surface area contributed by atoms with Gasteiger partial charge < -0.3 is 5.32 Å². The fraction of sp³-hybridized carbons (Fsp3) is 0. The molecule has 0 saturated carbocycles. The number of rotatable bonds is 2. The largest absolute Gasteiger partial charge is 0.339 e. The van der Waals surface area contributed by atoms with Crippen molar-refractivity contribution in [1.29, 1.82) is 5.26 Å². The van der Waals surface area contributed by atoms with Crippen molar-refractivity contribution < 1.29 is 0 Å². The number of hydrogen-bond acceptors (Lipinski definition) is 4. The number of nitrogens with zero attached hydrogens (tertiary/aromatic N) is 3. The number of aromatic nitrogens is 2. The summed E-state index contributed by atoms with van der Waals surface area (Å²) >= 11 is 5.84. The molecule has 0 saturated heterocycles. The molecule has 0 unspecified atom stereocenters. The number of hydrogen-bond donors (Lipinski definition) is 1. The van der Waals surface area contributed by atoms with E-state index in [9.17, 15) is 0 Å². The molecule has 0 fully saturated rings. The third kappa shape index (κ3) is 2.47. The van der Waals surface area contributed by atoms with Gasteiger partial charge in [0.2, 0.25) is 0 Å². The summed E-state index contributed by atoms with van der Waals surface area (Å²) in [5.41, 5.74) is 1.11. The van der Waals surface area contributed by atoms with Gasteiger partial charge in [-0.1, -0.05) is 17.7 Å². The molecule has 0 amide bonds. The van der Waals surface area contributed by atoms with Crippen molar-refractivity contribution in [1.82, 2.24) is 10.2 Å². The highest BCUT2D eigenvalue weighted by atomic mass is 35.5. The van der Waals surface area contributed by atoms with E-state index in [0.717, 1.165) is 5.69 Å². The lowest BCUT2D eigenvalue weighted by atomic mass is 10.3. The zero-order chi connectivity index (χ0) is 11.4. The van der Waals surface area contributed by atoms with Gasteiger partial charge in [-0.15, -0.1) is 10.2 Å². The summed E-state index contributed by atoms with van der Waals surface area (Å²) in [5.74, 6) is 0.571. The van der Waals surface area contributed by atoms with E-state index in [0.29, 0.717) is 10.8 Å². The molecule has 0 radical (unpaired) electrons. The van der Waals surface area contributed by atoms with Crippen LogP contribution in [0.25, 0.3) is 0 Å². The Kier molecular flexibility index (Phi) is 2.99. The molecule has 0 atom stereocenters. The van der Waals surface area contributed by atoms with Crippen LogP contribution in [-0.4, -0.2) is 10.2 Å². The average Bonchev–Trinajstić information content (AvgIpc) is 2.30. The van der Waals surface area contributed by atoms with Crippen LogP contribution in [0.2, 0.25) is 5.02 Å². The Labute approximate surface area is 97.5 Å². The van der Waals surface area contributed by atoms with Gasteiger partial charge in [-0.25, -0.2) is 0 Å². The average molecular weight is 231 g/mol. The summed E-state index contributed by atoms with van der Waals surface area (Å²) < 4.78 is 0. The summed E-state index contributed by atoms with van der Waals surface area (Å²) in [5, 5.41) is 19.8. The number of nitriles is 1. The van der Waals surface area contributed by atoms with E-state index in [1.165, 1.54) is 0 Å². The molecule has 0 spiro atoms. The van der Waals surface area contributed by atoms with Crippen LogP contribution in [0.1, 0.15) is 5.69 Å². The number of nitrogens with one attached hydrogen (secondary N) is 1. The first kappa shape index (κ1) is 10.4. The molecule has 1 heterocycles. The van der Waals surface area contributed by atoms with Crippen molar-refractivity contribution in [3.8, 4) is 6.07 Å². The van der Waals surface area contributed by atoms with Crippen molar-refractivity contribution in [2.24, 2.45) is 0 Å². The monoisotopic (exact) mass is 230 g/mol. The van der Waals surface area contributed by atoms with E-state index >= 15 is 0 Å². The summed E-state index contributed by atoms with van der Waals surface area (Å²) in [6.45, 7) is 0. The van der Waals surface area contributed by atoms with Gasteiger partial charge in [0.1, 0.15) is 6.07 Å². The second-order valence-electron chi connectivity index (χ2n) is 3.05. The summed E-state index contributed by atoms with van der Waals surface area (Å²) in [6, 6.07) is 12.5. The summed E-state index contributed by atoms with van der Waals surface area (Å²) in [6.07, 6.45) is 0. The predicted molar refractivity (Wildman–Crippen MR) is 61.5 cm³/mol. The number of anilines is 2. The van der Waals surface area contributed by atoms with Crippen LogP contribution in [0.5, 0.6) is 0 Å². The first-order valence-electron chi connectivity index (χ1n) is 4.54. The van der Waals surface area contributed by atoms with Crippen LogP contribution in [0.4, 0.5) is 11.5 Å². The summed E-state index contributed by atoms with van der Waals surface area (Å²) in [4.78, 5) is 0. The lowest BCUT2D eigenvalue weighted by molar-refractivity contribution is 1.01. The number of halogens is 1.